The van der Waals surface area contributed by atoms with Crippen LogP contribution in [0.2, 0.25) is 0 Å². The molecule has 2 aromatic carbocycles. The van der Waals surface area contributed by atoms with Crippen molar-refractivity contribution >= 4 is 28.5 Å². The SMILES string of the molecule is CCc1nc2c(cnn2CC)c(NC2CCOCC2)c1CNC(=O)CC(=O)NCc1ccc(OC)c(-c2cccc(CN3CCN(CC)CC3)c2)c1. The number of carbonyl (C=O) groups is 2. The number of hydrogen-bond donors (Lipinski definition) is 3. The molecule has 52 heavy (non-hydrogen) atoms. The number of fused-ring (bicyclic) bond motifs is 1. The van der Waals surface area contributed by atoms with Gasteiger partial charge in [0, 0.05) is 88.4 Å². The fourth-order valence-electron chi connectivity index (χ4n) is 7.21. The van der Waals surface area contributed by atoms with Crippen molar-refractivity contribution < 1.29 is 19.1 Å². The minimum absolute atomic E-state index is 0.253. The van der Waals surface area contributed by atoms with Crippen LogP contribution in [0.1, 0.15) is 62.4 Å². The first-order valence-electron chi connectivity index (χ1n) is 18.8. The van der Waals surface area contributed by atoms with Crippen molar-refractivity contribution in [3.63, 3.8) is 0 Å². The van der Waals surface area contributed by atoms with Crippen molar-refractivity contribution in [3.05, 3.63) is 71.0 Å². The van der Waals surface area contributed by atoms with E-state index in [0.717, 1.165) is 103 Å². The standard InChI is InChI=1S/C40H54N8O4/c1-5-35-33(39(44-31-13-19-52-20-14-31)34-26-43-48(7-3)40(34)45-35)25-42-38(50)23-37(49)41-24-28-11-12-36(51-4)32(22-28)30-10-8-9-29(21-30)27-47-17-15-46(6-2)16-18-47/h8-12,21-22,26,31H,5-7,13-20,23-25,27H2,1-4H3,(H,41,49)(H,42,50)(H,44,45). The maximum absolute atomic E-state index is 13.1. The topological polar surface area (TPSA) is 126 Å². The third-order valence-corrected chi connectivity index (χ3v) is 10.3. The second-order valence-corrected chi connectivity index (χ2v) is 13.7. The molecule has 3 N–H and O–H groups in total. The molecule has 278 valence electrons. The van der Waals surface area contributed by atoms with E-state index < -0.39 is 0 Å². The number of anilines is 1. The molecule has 4 aromatic rings. The maximum Gasteiger partial charge on any atom is 0.229 e. The number of piperazine rings is 1. The van der Waals surface area contributed by atoms with Gasteiger partial charge in [-0.2, -0.15) is 5.10 Å². The van der Waals surface area contributed by atoms with Gasteiger partial charge in [-0.25, -0.2) is 9.67 Å². The second kappa shape index (κ2) is 17.8. The summed E-state index contributed by atoms with van der Waals surface area (Å²) < 4.78 is 13.2. The van der Waals surface area contributed by atoms with Gasteiger partial charge in [0.15, 0.2) is 5.65 Å². The zero-order valence-electron chi connectivity index (χ0n) is 31.2. The molecular formula is C40H54N8O4. The van der Waals surface area contributed by atoms with Gasteiger partial charge < -0.3 is 30.3 Å². The van der Waals surface area contributed by atoms with Crippen molar-refractivity contribution in [2.75, 3.05) is 58.4 Å². The summed E-state index contributed by atoms with van der Waals surface area (Å²) in [5.74, 6) is 0.0911. The number of aryl methyl sites for hydroxylation is 2. The molecule has 0 radical (unpaired) electrons. The average Bonchev–Trinajstić information content (AvgIpc) is 3.60. The van der Waals surface area contributed by atoms with Crippen LogP contribution in [0.3, 0.4) is 0 Å². The normalized spacial score (nSPS) is 15.8. The van der Waals surface area contributed by atoms with Gasteiger partial charge in [-0.3, -0.25) is 14.5 Å². The molecule has 2 fully saturated rings. The summed E-state index contributed by atoms with van der Waals surface area (Å²) in [6.45, 7) is 15.4. The molecule has 6 rings (SSSR count). The van der Waals surface area contributed by atoms with Crippen LogP contribution in [0.4, 0.5) is 5.69 Å². The average molecular weight is 711 g/mol. The van der Waals surface area contributed by atoms with E-state index >= 15 is 0 Å². The predicted octanol–water partition coefficient (Wildman–Crippen LogP) is 4.74. The second-order valence-electron chi connectivity index (χ2n) is 13.7. The van der Waals surface area contributed by atoms with Gasteiger partial charge in [0.05, 0.1) is 24.4 Å². The van der Waals surface area contributed by atoms with Crippen molar-refractivity contribution in [1.82, 2.24) is 35.2 Å². The highest BCUT2D eigenvalue weighted by Crippen LogP contribution is 2.33. The van der Waals surface area contributed by atoms with E-state index in [1.807, 2.05) is 29.9 Å². The van der Waals surface area contributed by atoms with Crippen molar-refractivity contribution in [1.29, 1.82) is 0 Å². The number of rotatable bonds is 15. The highest BCUT2D eigenvalue weighted by atomic mass is 16.5. The van der Waals surface area contributed by atoms with Crippen LogP contribution in [0.5, 0.6) is 5.75 Å². The fraction of sp³-hybridized carbons (Fsp3) is 0.500. The molecule has 2 saturated heterocycles. The quantitative estimate of drug-likeness (QED) is 0.150. The third kappa shape index (κ3) is 9.09. The Labute approximate surface area is 307 Å². The molecule has 0 bridgehead atoms. The molecule has 2 aliphatic rings. The number of hydrogen-bond acceptors (Lipinski definition) is 9. The fourth-order valence-corrected chi connectivity index (χ4v) is 7.21. The first-order valence-corrected chi connectivity index (χ1v) is 18.8. The van der Waals surface area contributed by atoms with E-state index in [-0.39, 0.29) is 30.8 Å². The Morgan fingerprint density at radius 1 is 0.904 bits per heavy atom. The Hall–Kier alpha value is -4.52. The number of ether oxygens (including phenoxy) is 2. The van der Waals surface area contributed by atoms with Gasteiger partial charge in [0.1, 0.15) is 12.2 Å². The molecule has 0 atom stereocenters. The van der Waals surface area contributed by atoms with Crippen molar-refractivity contribution in [2.45, 2.75) is 78.7 Å². The smallest absolute Gasteiger partial charge is 0.229 e. The number of carbonyl (C=O) groups excluding carboxylic acids is 2. The van der Waals surface area contributed by atoms with E-state index in [9.17, 15) is 9.59 Å². The van der Waals surface area contributed by atoms with Crippen molar-refractivity contribution in [2.24, 2.45) is 0 Å². The lowest BCUT2D eigenvalue weighted by Crippen LogP contribution is -2.45. The van der Waals surface area contributed by atoms with Crippen LogP contribution in [0.25, 0.3) is 22.2 Å². The molecule has 2 aliphatic heterocycles. The Morgan fingerprint density at radius 2 is 1.65 bits per heavy atom. The molecule has 4 heterocycles. The molecule has 2 amide bonds. The summed E-state index contributed by atoms with van der Waals surface area (Å²) in [6, 6.07) is 14.8. The van der Waals surface area contributed by atoms with Crippen LogP contribution in [-0.4, -0.2) is 95.5 Å². The highest BCUT2D eigenvalue weighted by Gasteiger charge is 2.23. The maximum atomic E-state index is 13.1. The molecular weight excluding hydrogens is 656 g/mol. The van der Waals surface area contributed by atoms with Gasteiger partial charge in [-0.15, -0.1) is 0 Å². The molecule has 0 saturated carbocycles. The lowest BCUT2D eigenvalue weighted by Gasteiger charge is -2.34. The number of aromatic nitrogens is 3. The number of amides is 2. The number of methoxy groups -OCH3 is 1. The molecule has 12 heteroatoms. The van der Waals surface area contributed by atoms with Crippen LogP contribution in [0.15, 0.2) is 48.7 Å². The van der Waals surface area contributed by atoms with Gasteiger partial charge >= 0.3 is 0 Å². The van der Waals surface area contributed by atoms with E-state index in [1.54, 1.807) is 7.11 Å². The van der Waals surface area contributed by atoms with E-state index in [1.165, 1.54) is 5.56 Å². The summed E-state index contributed by atoms with van der Waals surface area (Å²) in [6.07, 6.45) is 4.08. The zero-order chi connectivity index (χ0) is 36.5. The van der Waals surface area contributed by atoms with Crippen molar-refractivity contribution in [3.8, 4) is 16.9 Å². The summed E-state index contributed by atoms with van der Waals surface area (Å²) in [4.78, 5) is 36.1. The van der Waals surface area contributed by atoms with Gasteiger partial charge in [-0.1, -0.05) is 38.1 Å². The molecule has 0 aliphatic carbocycles. The largest absolute Gasteiger partial charge is 0.496 e. The third-order valence-electron chi connectivity index (χ3n) is 10.3. The Kier molecular flexibility index (Phi) is 12.8. The van der Waals surface area contributed by atoms with Crippen LogP contribution >= 0.6 is 0 Å². The summed E-state index contributed by atoms with van der Waals surface area (Å²) >= 11 is 0. The summed E-state index contributed by atoms with van der Waals surface area (Å²) in [7, 11) is 1.68. The van der Waals surface area contributed by atoms with Gasteiger partial charge in [0.2, 0.25) is 11.8 Å². The van der Waals surface area contributed by atoms with Gasteiger partial charge in [0.25, 0.3) is 0 Å². The van der Waals surface area contributed by atoms with Gasteiger partial charge in [-0.05, 0) is 67.6 Å². The molecule has 2 aromatic heterocycles. The van der Waals surface area contributed by atoms with E-state index in [2.05, 4.69) is 75.0 Å². The Bertz CT molecular complexity index is 1830. The summed E-state index contributed by atoms with van der Waals surface area (Å²) in [5.41, 5.74) is 7.84. The molecule has 0 unspecified atom stereocenters. The summed E-state index contributed by atoms with van der Waals surface area (Å²) in [5, 5.41) is 15.2. The number of pyridine rings is 1. The predicted molar refractivity (Wildman–Crippen MR) is 204 cm³/mol. The minimum Gasteiger partial charge on any atom is -0.496 e. The first-order chi connectivity index (χ1) is 25.4. The number of nitrogens with zero attached hydrogens (tertiary/aromatic N) is 5. The highest BCUT2D eigenvalue weighted by molar-refractivity contribution is 5.97. The number of benzene rings is 2. The van der Waals surface area contributed by atoms with E-state index in [0.29, 0.717) is 32.7 Å². The molecule has 0 spiro atoms. The van der Waals surface area contributed by atoms with Crippen LogP contribution in [-0.2, 0) is 46.9 Å². The number of likely N-dealkylation sites (N-methyl/N-ethyl adjacent to an activating group) is 1. The first kappa shape index (κ1) is 37.2. The monoisotopic (exact) mass is 710 g/mol. The Morgan fingerprint density at radius 3 is 2.37 bits per heavy atom. The van der Waals surface area contributed by atoms with E-state index in [4.69, 9.17) is 14.5 Å². The lowest BCUT2D eigenvalue weighted by molar-refractivity contribution is -0.129. The lowest BCUT2D eigenvalue weighted by atomic mass is 9.99. The van der Waals surface area contributed by atoms with Crippen LogP contribution < -0.4 is 20.7 Å². The van der Waals surface area contributed by atoms with Crippen LogP contribution in [0, 0.1) is 0 Å². The molecule has 12 nitrogen and oxygen atoms in total. The Balaban J connectivity index is 1.08. The number of nitrogens with one attached hydrogen (secondary N) is 3. The minimum atomic E-state index is -0.343. The zero-order valence-corrected chi connectivity index (χ0v) is 31.2.